The summed E-state index contributed by atoms with van der Waals surface area (Å²) in [5.74, 6) is 0.827. The van der Waals surface area contributed by atoms with Gasteiger partial charge in [-0.3, -0.25) is 0 Å². The monoisotopic (exact) mass is 272 g/mol. The molecule has 0 aliphatic heterocycles. The maximum Gasteiger partial charge on any atom is 0.0223 e. The van der Waals surface area contributed by atoms with Crippen LogP contribution in [0.25, 0.3) is 11.1 Å². The Bertz CT molecular complexity index is 469. The summed E-state index contributed by atoms with van der Waals surface area (Å²) >= 11 is 5.38. The van der Waals surface area contributed by atoms with Gasteiger partial charge < -0.3 is 0 Å². The van der Waals surface area contributed by atoms with E-state index in [0.29, 0.717) is 0 Å². The minimum absolute atomic E-state index is 0.827. The van der Waals surface area contributed by atoms with Crippen LogP contribution in [-0.4, -0.2) is 5.88 Å². The highest BCUT2D eigenvalue weighted by Gasteiger charge is 2.15. The van der Waals surface area contributed by atoms with Gasteiger partial charge in [0.15, 0.2) is 0 Å². The van der Waals surface area contributed by atoms with Gasteiger partial charge in [-0.1, -0.05) is 68.3 Å². The van der Waals surface area contributed by atoms with Crippen molar-refractivity contribution in [3.8, 4) is 11.1 Å². The lowest BCUT2D eigenvalue weighted by atomic mass is 10.1. The van der Waals surface area contributed by atoms with Crippen molar-refractivity contribution in [3.63, 3.8) is 0 Å². The number of hydrogen-bond donors (Lipinski definition) is 0. The van der Waals surface area contributed by atoms with Crippen molar-refractivity contribution in [1.82, 2.24) is 0 Å². The molecule has 100 valence electrons. The third kappa shape index (κ3) is 3.61. The average molecular weight is 273 g/mol. The lowest BCUT2D eigenvalue weighted by Gasteiger charge is -1.98. The van der Waals surface area contributed by atoms with Crippen LogP contribution in [0, 0.1) is 0 Å². The van der Waals surface area contributed by atoms with Crippen LogP contribution in [0.5, 0.6) is 0 Å². The number of alkyl halides is 1. The summed E-state index contributed by atoms with van der Waals surface area (Å²) in [5.41, 5.74) is 5.75. The molecule has 0 unspecified atom stereocenters. The number of halogens is 1. The van der Waals surface area contributed by atoms with Crippen molar-refractivity contribution >= 4 is 11.6 Å². The summed E-state index contributed by atoms with van der Waals surface area (Å²) in [6, 6.07) is 17.3. The van der Waals surface area contributed by atoms with Crippen molar-refractivity contribution in [2.24, 2.45) is 0 Å². The zero-order valence-corrected chi connectivity index (χ0v) is 12.3. The highest BCUT2D eigenvalue weighted by Crippen LogP contribution is 2.35. The zero-order chi connectivity index (χ0) is 13.5. The molecule has 0 atom stereocenters. The van der Waals surface area contributed by atoms with Crippen LogP contribution in [-0.2, 0) is 6.42 Å². The van der Waals surface area contributed by atoms with Crippen LogP contribution in [0.1, 0.15) is 37.3 Å². The molecule has 0 saturated heterocycles. The van der Waals surface area contributed by atoms with Gasteiger partial charge in [-0.25, -0.2) is 0 Å². The molecule has 19 heavy (non-hydrogen) atoms. The fourth-order valence-electron chi connectivity index (χ4n) is 2.42. The molecule has 0 N–H and O–H groups in total. The quantitative estimate of drug-likeness (QED) is 0.425. The Morgan fingerprint density at radius 1 is 0.842 bits per heavy atom. The predicted molar refractivity (Wildman–Crippen MR) is 84.9 cm³/mol. The molecule has 2 aromatic carbocycles. The molecule has 0 nitrogen and oxygen atoms in total. The van der Waals surface area contributed by atoms with Gasteiger partial charge in [0.05, 0.1) is 0 Å². The maximum atomic E-state index is 5.38. The van der Waals surface area contributed by atoms with Crippen molar-refractivity contribution in [2.45, 2.75) is 32.6 Å². The third-order valence-corrected chi connectivity index (χ3v) is 3.71. The highest BCUT2D eigenvalue weighted by molar-refractivity contribution is 6.17. The standard InChI is InChI=1S/C13H10.C5H11Cl/c1-3-7-12-10(5-1)9-11-6-2-4-8-13(11)12;1-2-3-4-5-6/h1-8H,9H2;2-5H2,1H3. The highest BCUT2D eigenvalue weighted by atomic mass is 35.5. The molecule has 1 aliphatic rings. The predicted octanol–water partition coefficient (Wildman–Crippen LogP) is 5.67. The van der Waals surface area contributed by atoms with Gasteiger partial charge >= 0.3 is 0 Å². The molecule has 2 aromatic rings. The number of benzene rings is 2. The maximum absolute atomic E-state index is 5.38. The van der Waals surface area contributed by atoms with Gasteiger partial charge in [0.25, 0.3) is 0 Å². The molecule has 0 bridgehead atoms. The largest absolute Gasteiger partial charge is 0.127 e. The fraction of sp³-hybridized carbons (Fsp3) is 0.333. The number of hydrogen-bond acceptors (Lipinski definition) is 0. The Hall–Kier alpha value is -1.27. The molecule has 0 heterocycles. The normalized spacial score (nSPS) is 11.3. The zero-order valence-electron chi connectivity index (χ0n) is 11.5. The van der Waals surface area contributed by atoms with E-state index in [0.717, 1.165) is 12.3 Å². The summed E-state index contributed by atoms with van der Waals surface area (Å²) in [4.78, 5) is 0. The van der Waals surface area contributed by atoms with Gasteiger partial charge in [0.2, 0.25) is 0 Å². The summed E-state index contributed by atoms with van der Waals surface area (Å²) in [5, 5.41) is 0. The van der Waals surface area contributed by atoms with Crippen LogP contribution < -0.4 is 0 Å². The van der Waals surface area contributed by atoms with Gasteiger partial charge in [-0.2, -0.15) is 0 Å². The Morgan fingerprint density at radius 3 is 1.79 bits per heavy atom. The van der Waals surface area contributed by atoms with Gasteiger partial charge in [0.1, 0.15) is 0 Å². The Labute approximate surface area is 121 Å². The molecule has 1 heteroatoms. The smallest absolute Gasteiger partial charge is 0.0223 e. The fourth-order valence-corrected chi connectivity index (χ4v) is 2.61. The Morgan fingerprint density at radius 2 is 1.37 bits per heavy atom. The molecule has 3 rings (SSSR count). The second-order valence-electron chi connectivity index (χ2n) is 4.89. The third-order valence-electron chi connectivity index (χ3n) is 3.44. The summed E-state index contributed by atoms with van der Waals surface area (Å²) in [6.45, 7) is 2.17. The molecule has 0 aromatic heterocycles. The SMILES string of the molecule is CCCCCCl.c1ccc2c(c1)Cc1ccccc1-2. The van der Waals surface area contributed by atoms with Crippen molar-refractivity contribution in [2.75, 3.05) is 5.88 Å². The molecule has 0 amide bonds. The van der Waals surface area contributed by atoms with Crippen molar-refractivity contribution in [3.05, 3.63) is 59.7 Å². The minimum atomic E-state index is 0.827. The van der Waals surface area contributed by atoms with E-state index in [-0.39, 0.29) is 0 Å². The lowest BCUT2D eigenvalue weighted by molar-refractivity contribution is 0.776. The molecule has 0 radical (unpaired) electrons. The second-order valence-corrected chi connectivity index (χ2v) is 5.27. The van der Waals surface area contributed by atoms with E-state index in [1.54, 1.807) is 0 Å². The Kier molecular flexibility index (Phi) is 5.47. The summed E-state index contributed by atoms with van der Waals surface area (Å²) in [7, 11) is 0. The lowest BCUT2D eigenvalue weighted by Crippen LogP contribution is -1.77. The first kappa shape index (κ1) is 14.1. The van der Waals surface area contributed by atoms with Crippen LogP contribution in [0.4, 0.5) is 0 Å². The van der Waals surface area contributed by atoms with E-state index in [9.17, 15) is 0 Å². The first-order chi connectivity index (χ1) is 9.36. The van der Waals surface area contributed by atoms with Crippen LogP contribution in [0.3, 0.4) is 0 Å². The second kappa shape index (κ2) is 7.35. The molecule has 0 spiro atoms. The van der Waals surface area contributed by atoms with Crippen LogP contribution >= 0.6 is 11.6 Å². The van der Waals surface area contributed by atoms with Gasteiger partial charge in [-0.15, -0.1) is 11.6 Å². The number of fused-ring (bicyclic) bond motifs is 3. The molecular formula is C18H21Cl. The van der Waals surface area contributed by atoms with E-state index < -0.39 is 0 Å². The minimum Gasteiger partial charge on any atom is -0.127 e. The van der Waals surface area contributed by atoms with E-state index in [1.165, 1.54) is 41.5 Å². The number of unbranched alkanes of at least 4 members (excludes halogenated alkanes) is 2. The Balaban J connectivity index is 0.000000192. The van der Waals surface area contributed by atoms with E-state index in [4.69, 9.17) is 11.6 Å². The van der Waals surface area contributed by atoms with Crippen molar-refractivity contribution < 1.29 is 0 Å². The first-order valence-electron chi connectivity index (χ1n) is 7.09. The number of rotatable bonds is 3. The van der Waals surface area contributed by atoms with Gasteiger partial charge in [0, 0.05) is 5.88 Å². The first-order valence-corrected chi connectivity index (χ1v) is 7.62. The van der Waals surface area contributed by atoms with E-state index >= 15 is 0 Å². The molecular weight excluding hydrogens is 252 g/mol. The van der Waals surface area contributed by atoms with Crippen LogP contribution in [0.15, 0.2) is 48.5 Å². The van der Waals surface area contributed by atoms with Gasteiger partial charge in [-0.05, 0) is 35.1 Å². The van der Waals surface area contributed by atoms with E-state index in [1.807, 2.05) is 0 Å². The molecule has 0 saturated carbocycles. The molecule has 0 fully saturated rings. The van der Waals surface area contributed by atoms with Crippen LogP contribution in [0.2, 0.25) is 0 Å². The topological polar surface area (TPSA) is 0 Å². The summed E-state index contributed by atoms with van der Waals surface area (Å²) < 4.78 is 0. The molecule has 1 aliphatic carbocycles. The summed E-state index contributed by atoms with van der Waals surface area (Å²) in [6.07, 6.45) is 4.83. The van der Waals surface area contributed by atoms with Crippen molar-refractivity contribution in [1.29, 1.82) is 0 Å². The van der Waals surface area contributed by atoms with E-state index in [2.05, 4.69) is 55.5 Å². The average Bonchev–Trinajstić information content (AvgIpc) is 2.84.